The molecule has 178 valence electrons. The van der Waals surface area contributed by atoms with Crippen molar-refractivity contribution in [3.05, 3.63) is 71.8 Å². The van der Waals surface area contributed by atoms with Crippen LogP contribution in [0.15, 0.2) is 60.7 Å². The van der Waals surface area contributed by atoms with Gasteiger partial charge in [-0.05, 0) is 48.6 Å². The second kappa shape index (κ2) is 11.0. The first-order valence-corrected chi connectivity index (χ1v) is 11.8. The lowest BCUT2D eigenvalue weighted by Gasteiger charge is -2.08. The Morgan fingerprint density at radius 2 is 0.971 bits per heavy atom. The number of hydrogen-bond acceptors (Lipinski definition) is 4. The quantitative estimate of drug-likeness (QED) is 0.338. The Hall–Kier alpha value is -3.68. The predicted molar refractivity (Wildman–Crippen MR) is 126 cm³/mol. The molecular weight excluding hydrogens is 432 g/mol. The highest BCUT2D eigenvalue weighted by atomic mass is 16.2. The van der Waals surface area contributed by atoms with Crippen LogP contribution in [0.3, 0.4) is 0 Å². The molecule has 0 radical (unpaired) electrons. The number of benzene rings is 2. The molecule has 2 saturated carbocycles. The second-order valence-electron chi connectivity index (χ2n) is 9.00. The zero-order chi connectivity index (χ0) is 23.9. The number of hydrazine groups is 2. The van der Waals surface area contributed by atoms with Gasteiger partial charge in [-0.1, -0.05) is 60.7 Å². The van der Waals surface area contributed by atoms with Crippen molar-refractivity contribution in [2.24, 2.45) is 11.8 Å². The van der Waals surface area contributed by atoms with Crippen molar-refractivity contribution in [3.63, 3.8) is 0 Å². The molecule has 4 amide bonds. The van der Waals surface area contributed by atoms with Crippen molar-refractivity contribution in [1.82, 2.24) is 21.7 Å². The maximum Gasteiger partial charge on any atom is 0.242 e. The molecule has 4 N–H and O–H groups in total. The number of carbonyl (C=O) groups is 4. The molecule has 0 bridgehead atoms. The summed E-state index contributed by atoms with van der Waals surface area (Å²) >= 11 is 0. The fourth-order valence-corrected chi connectivity index (χ4v) is 4.25. The average molecular weight is 463 g/mol. The van der Waals surface area contributed by atoms with Crippen molar-refractivity contribution in [2.45, 2.75) is 50.4 Å². The molecular formula is C26H30N4O4. The summed E-state index contributed by atoms with van der Waals surface area (Å²) in [4.78, 5) is 48.3. The van der Waals surface area contributed by atoms with Crippen molar-refractivity contribution in [3.8, 4) is 0 Å². The molecule has 0 heterocycles. The molecule has 0 spiro atoms. The van der Waals surface area contributed by atoms with Crippen molar-refractivity contribution in [2.75, 3.05) is 0 Å². The Kier molecular flexibility index (Phi) is 7.57. The third-order valence-electron chi connectivity index (χ3n) is 6.42. The maximum absolute atomic E-state index is 12.2. The highest BCUT2D eigenvalue weighted by Crippen LogP contribution is 2.48. The molecule has 8 heteroatoms. The van der Waals surface area contributed by atoms with Gasteiger partial charge in [-0.25, -0.2) is 0 Å². The number of amides is 4. The van der Waals surface area contributed by atoms with Gasteiger partial charge in [-0.2, -0.15) is 0 Å². The lowest BCUT2D eigenvalue weighted by molar-refractivity contribution is -0.130. The monoisotopic (exact) mass is 462 g/mol. The van der Waals surface area contributed by atoms with E-state index in [-0.39, 0.29) is 60.1 Å². The lowest BCUT2D eigenvalue weighted by Crippen LogP contribution is -2.43. The van der Waals surface area contributed by atoms with Crippen LogP contribution >= 0.6 is 0 Å². The van der Waals surface area contributed by atoms with Crippen molar-refractivity contribution in [1.29, 1.82) is 0 Å². The van der Waals surface area contributed by atoms with E-state index in [1.807, 2.05) is 60.7 Å². The molecule has 2 aliphatic rings. The zero-order valence-corrected chi connectivity index (χ0v) is 19.0. The van der Waals surface area contributed by atoms with Crippen LogP contribution in [0.4, 0.5) is 0 Å². The smallest absolute Gasteiger partial charge is 0.242 e. The molecule has 4 rings (SSSR count). The third-order valence-corrected chi connectivity index (χ3v) is 6.42. The summed E-state index contributed by atoms with van der Waals surface area (Å²) < 4.78 is 0. The van der Waals surface area contributed by atoms with Crippen LogP contribution in [0.1, 0.15) is 61.5 Å². The largest absolute Gasteiger partial charge is 0.273 e. The normalized spacial score (nSPS) is 22.2. The molecule has 0 aromatic heterocycles. The van der Waals surface area contributed by atoms with Crippen LogP contribution in [-0.2, 0) is 19.2 Å². The maximum atomic E-state index is 12.2. The summed E-state index contributed by atoms with van der Waals surface area (Å²) in [6.45, 7) is 0. The summed E-state index contributed by atoms with van der Waals surface area (Å²) in [7, 11) is 0. The van der Waals surface area contributed by atoms with Crippen LogP contribution in [0.5, 0.6) is 0 Å². The molecule has 4 atom stereocenters. The highest BCUT2D eigenvalue weighted by Gasteiger charge is 2.44. The highest BCUT2D eigenvalue weighted by molar-refractivity contribution is 5.86. The SMILES string of the molecule is O=C(CCCCC(=O)NNC(=O)[C@@H]1C[C@@H]1c1ccccc1)NNC(=O)[C@H]1C[C@H]1c1ccccc1. The van der Waals surface area contributed by atoms with Gasteiger partial charge in [0.2, 0.25) is 23.6 Å². The molecule has 2 aromatic rings. The average Bonchev–Trinajstić information content (AvgIpc) is 3.78. The van der Waals surface area contributed by atoms with Crippen LogP contribution < -0.4 is 21.7 Å². The van der Waals surface area contributed by atoms with Gasteiger partial charge in [0, 0.05) is 24.7 Å². The topological polar surface area (TPSA) is 116 Å². The second-order valence-corrected chi connectivity index (χ2v) is 9.00. The van der Waals surface area contributed by atoms with E-state index < -0.39 is 0 Å². The van der Waals surface area contributed by atoms with E-state index >= 15 is 0 Å². The van der Waals surface area contributed by atoms with E-state index in [9.17, 15) is 19.2 Å². The molecule has 2 aromatic carbocycles. The number of unbranched alkanes of at least 4 members (excludes halogenated alkanes) is 1. The van der Waals surface area contributed by atoms with E-state index in [0.717, 1.165) is 24.0 Å². The lowest BCUT2D eigenvalue weighted by atomic mass is 10.1. The van der Waals surface area contributed by atoms with E-state index in [1.165, 1.54) is 0 Å². The fraction of sp³-hybridized carbons (Fsp3) is 0.385. The Morgan fingerprint density at radius 3 is 1.35 bits per heavy atom. The van der Waals surface area contributed by atoms with Crippen molar-refractivity contribution >= 4 is 23.6 Å². The van der Waals surface area contributed by atoms with Gasteiger partial charge in [0.1, 0.15) is 0 Å². The Morgan fingerprint density at radius 1 is 0.588 bits per heavy atom. The molecule has 8 nitrogen and oxygen atoms in total. The molecule has 34 heavy (non-hydrogen) atoms. The minimum absolute atomic E-state index is 0.111. The number of hydrogen-bond donors (Lipinski definition) is 4. The van der Waals surface area contributed by atoms with Crippen LogP contribution in [-0.4, -0.2) is 23.6 Å². The predicted octanol–water partition coefficient (Wildman–Crippen LogP) is 2.45. The van der Waals surface area contributed by atoms with Gasteiger partial charge in [0.25, 0.3) is 0 Å². The minimum Gasteiger partial charge on any atom is -0.273 e. The standard InChI is InChI=1S/C26H30N4O4/c31-23(27-29-25(33)21-15-19(21)17-9-3-1-4-10-17)13-7-8-14-24(32)28-30-26(34)22-16-20(22)18-11-5-2-6-12-18/h1-6,9-12,19-22H,7-8,13-16H2,(H,27,31)(H,28,32)(H,29,33)(H,30,34)/t19-,20+,21-,22+. The summed E-state index contributed by atoms with van der Waals surface area (Å²) in [5, 5.41) is 0. The Balaban J connectivity index is 1.03. The van der Waals surface area contributed by atoms with Gasteiger partial charge in [0.15, 0.2) is 0 Å². The molecule has 0 unspecified atom stereocenters. The summed E-state index contributed by atoms with van der Waals surface area (Å²) in [6.07, 6.45) is 2.97. The first kappa shape index (κ1) is 23.5. The van der Waals surface area contributed by atoms with E-state index in [1.54, 1.807) is 0 Å². The Bertz CT molecular complexity index is 944. The van der Waals surface area contributed by atoms with E-state index in [4.69, 9.17) is 0 Å². The number of nitrogens with one attached hydrogen (secondary N) is 4. The van der Waals surface area contributed by atoms with Crippen molar-refractivity contribution < 1.29 is 19.2 Å². The first-order valence-electron chi connectivity index (χ1n) is 11.8. The summed E-state index contributed by atoms with van der Waals surface area (Å²) in [6, 6.07) is 19.7. The van der Waals surface area contributed by atoms with Gasteiger partial charge in [-0.3, -0.25) is 40.9 Å². The molecule has 0 aliphatic heterocycles. The van der Waals surface area contributed by atoms with Crippen LogP contribution in [0.2, 0.25) is 0 Å². The van der Waals surface area contributed by atoms with E-state index in [0.29, 0.717) is 12.8 Å². The van der Waals surface area contributed by atoms with E-state index in [2.05, 4.69) is 21.7 Å². The third kappa shape index (κ3) is 6.43. The number of carbonyl (C=O) groups excluding carboxylic acids is 4. The summed E-state index contributed by atoms with van der Waals surface area (Å²) in [5.74, 6) is -0.743. The molecule has 2 fully saturated rings. The molecule has 0 saturated heterocycles. The first-order chi connectivity index (χ1) is 16.5. The van der Waals surface area contributed by atoms with Crippen LogP contribution in [0.25, 0.3) is 0 Å². The minimum atomic E-state index is -0.292. The molecule has 2 aliphatic carbocycles. The summed E-state index contributed by atoms with van der Waals surface area (Å²) in [5.41, 5.74) is 12.1. The fourth-order valence-electron chi connectivity index (χ4n) is 4.25. The Labute approximate surface area is 198 Å². The van der Waals surface area contributed by atoms with Gasteiger partial charge >= 0.3 is 0 Å². The zero-order valence-electron chi connectivity index (χ0n) is 19.0. The van der Waals surface area contributed by atoms with Gasteiger partial charge in [0.05, 0.1) is 0 Å². The van der Waals surface area contributed by atoms with Gasteiger partial charge in [-0.15, -0.1) is 0 Å². The van der Waals surface area contributed by atoms with Gasteiger partial charge < -0.3 is 0 Å². The van der Waals surface area contributed by atoms with Crippen LogP contribution in [0, 0.1) is 11.8 Å². The number of rotatable bonds is 9.